The molecule has 0 saturated heterocycles. The van der Waals surface area contributed by atoms with E-state index in [0.717, 1.165) is 5.69 Å². The molecule has 0 radical (unpaired) electrons. The van der Waals surface area contributed by atoms with E-state index < -0.39 is 10.0 Å². The Balaban J connectivity index is 2.41. The fourth-order valence-electron chi connectivity index (χ4n) is 1.51. The van der Waals surface area contributed by atoms with Crippen LogP contribution in [0.4, 0.5) is 0 Å². The highest BCUT2D eigenvalue weighted by atomic mass is 32.2. The minimum atomic E-state index is -3.79. The van der Waals surface area contributed by atoms with E-state index in [-0.39, 0.29) is 5.03 Å². The molecule has 88 valence electrons. The van der Waals surface area contributed by atoms with Crippen LogP contribution in [0.1, 0.15) is 11.3 Å². The number of nitrogens with two attached hydrogens (primary N) is 1. The summed E-state index contributed by atoms with van der Waals surface area (Å²) in [7, 11) is -3.79. The Labute approximate surface area is 99.4 Å². The van der Waals surface area contributed by atoms with Gasteiger partial charge in [0.2, 0.25) is 0 Å². The maximum Gasteiger partial charge on any atom is 0.255 e. The zero-order valence-corrected chi connectivity index (χ0v) is 9.76. The fourth-order valence-corrected chi connectivity index (χ4v) is 2.23. The van der Waals surface area contributed by atoms with Gasteiger partial charge in [-0.25, -0.2) is 18.5 Å². The summed E-state index contributed by atoms with van der Waals surface area (Å²) in [5.74, 6) is 0. The summed E-state index contributed by atoms with van der Waals surface area (Å²) in [6.07, 6.45) is 3.45. The van der Waals surface area contributed by atoms with Crippen molar-refractivity contribution in [2.24, 2.45) is 5.14 Å². The lowest BCUT2D eigenvalue weighted by molar-refractivity contribution is 0.592. The van der Waals surface area contributed by atoms with E-state index in [0.29, 0.717) is 12.0 Å². The fraction of sp³-hybridized carbons (Fsp3) is 0.0909. The van der Waals surface area contributed by atoms with Gasteiger partial charge >= 0.3 is 0 Å². The summed E-state index contributed by atoms with van der Waals surface area (Å²) in [6.45, 7) is 0. The van der Waals surface area contributed by atoms with Gasteiger partial charge in [0, 0.05) is 24.5 Å². The number of rotatable bonds is 3. The summed E-state index contributed by atoms with van der Waals surface area (Å²) in [5, 5.41) is 5.01. The highest BCUT2D eigenvalue weighted by Gasteiger charge is 2.15. The smallest absolute Gasteiger partial charge is 0.255 e. The molecular formula is C11H11N3O2S. The van der Waals surface area contributed by atoms with Gasteiger partial charge in [-0.3, -0.25) is 4.98 Å². The number of aromatic nitrogens is 2. The molecule has 0 spiro atoms. The molecule has 5 nitrogen and oxygen atoms in total. The minimum absolute atomic E-state index is 0.0920. The van der Waals surface area contributed by atoms with Gasteiger partial charge in [0.15, 0.2) is 5.03 Å². The molecule has 0 atom stereocenters. The lowest BCUT2D eigenvalue weighted by Crippen LogP contribution is -2.16. The largest absolute Gasteiger partial charge is 0.261 e. The molecule has 0 unspecified atom stereocenters. The second-order valence-electron chi connectivity index (χ2n) is 3.51. The van der Waals surface area contributed by atoms with Crippen molar-refractivity contribution < 1.29 is 8.42 Å². The molecule has 0 saturated carbocycles. The molecule has 2 rings (SSSR count). The van der Waals surface area contributed by atoms with Gasteiger partial charge in [-0.2, -0.15) is 0 Å². The molecule has 2 aromatic rings. The van der Waals surface area contributed by atoms with Crippen LogP contribution < -0.4 is 5.14 Å². The normalized spacial score (nSPS) is 11.4. The van der Waals surface area contributed by atoms with E-state index in [4.69, 9.17) is 5.14 Å². The highest BCUT2D eigenvalue weighted by Crippen LogP contribution is 2.14. The third-order valence-electron chi connectivity index (χ3n) is 2.22. The zero-order chi connectivity index (χ0) is 12.3. The molecule has 0 aromatic carbocycles. The van der Waals surface area contributed by atoms with Crippen molar-refractivity contribution in [2.45, 2.75) is 11.4 Å². The Bertz CT molecular complexity index is 612. The SMILES string of the molecule is NS(=O)(=O)c1ncccc1Cc1ccccn1. The van der Waals surface area contributed by atoms with Crippen LogP contribution in [0.25, 0.3) is 0 Å². The van der Waals surface area contributed by atoms with Crippen molar-refractivity contribution in [3.05, 3.63) is 54.0 Å². The molecule has 2 heterocycles. The number of sulfonamides is 1. The van der Waals surface area contributed by atoms with E-state index in [9.17, 15) is 8.42 Å². The Morgan fingerprint density at radius 1 is 1.06 bits per heavy atom. The van der Waals surface area contributed by atoms with Crippen LogP contribution in [0.15, 0.2) is 47.8 Å². The van der Waals surface area contributed by atoms with Gasteiger partial charge in [0.05, 0.1) is 0 Å². The molecule has 2 N–H and O–H groups in total. The molecule has 0 aliphatic rings. The van der Waals surface area contributed by atoms with Crippen LogP contribution in [0.5, 0.6) is 0 Å². The first kappa shape index (κ1) is 11.7. The van der Waals surface area contributed by atoms with E-state index in [1.54, 1.807) is 24.4 Å². The van der Waals surface area contributed by atoms with Crippen LogP contribution in [0.2, 0.25) is 0 Å². The highest BCUT2D eigenvalue weighted by molar-refractivity contribution is 7.89. The summed E-state index contributed by atoms with van der Waals surface area (Å²) in [6, 6.07) is 8.82. The van der Waals surface area contributed by atoms with E-state index >= 15 is 0 Å². The number of hydrogen-bond acceptors (Lipinski definition) is 4. The molecule has 0 fully saturated rings. The molecule has 6 heteroatoms. The summed E-state index contributed by atoms with van der Waals surface area (Å²) >= 11 is 0. The number of hydrogen-bond donors (Lipinski definition) is 1. The zero-order valence-electron chi connectivity index (χ0n) is 8.95. The number of primary sulfonamides is 1. The van der Waals surface area contributed by atoms with Gasteiger partial charge in [0.25, 0.3) is 10.0 Å². The van der Waals surface area contributed by atoms with E-state index in [1.807, 2.05) is 12.1 Å². The molecular weight excluding hydrogens is 238 g/mol. The van der Waals surface area contributed by atoms with Gasteiger partial charge in [-0.05, 0) is 23.8 Å². The molecule has 17 heavy (non-hydrogen) atoms. The predicted molar refractivity (Wildman–Crippen MR) is 62.7 cm³/mol. The Morgan fingerprint density at radius 3 is 2.47 bits per heavy atom. The third-order valence-corrected chi connectivity index (χ3v) is 3.12. The predicted octanol–water partition coefficient (Wildman–Crippen LogP) is 0.715. The van der Waals surface area contributed by atoms with E-state index in [2.05, 4.69) is 9.97 Å². The van der Waals surface area contributed by atoms with Crippen molar-refractivity contribution in [2.75, 3.05) is 0 Å². The molecule has 0 aliphatic carbocycles. The number of pyridine rings is 2. The summed E-state index contributed by atoms with van der Waals surface area (Å²) in [5.41, 5.74) is 1.32. The lowest BCUT2D eigenvalue weighted by Gasteiger charge is -2.05. The standard InChI is InChI=1S/C11H11N3O2S/c12-17(15,16)11-9(4-3-7-14-11)8-10-5-1-2-6-13-10/h1-7H,8H2,(H2,12,15,16). The van der Waals surface area contributed by atoms with Crippen molar-refractivity contribution >= 4 is 10.0 Å². The summed E-state index contributed by atoms with van der Waals surface area (Å²) in [4.78, 5) is 7.94. The average molecular weight is 249 g/mol. The van der Waals surface area contributed by atoms with Crippen molar-refractivity contribution in [3.63, 3.8) is 0 Å². The van der Waals surface area contributed by atoms with Crippen molar-refractivity contribution in [1.82, 2.24) is 9.97 Å². The van der Waals surface area contributed by atoms with Crippen molar-refractivity contribution in [1.29, 1.82) is 0 Å². The van der Waals surface area contributed by atoms with Gasteiger partial charge in [-0.15, -0.1) is 0 Å². The molecule has 0 bridgehead atoms. The number of nitrogens with zero attached hydrogens (tertiary/aromatic N) is 2. The minimum Gasteiger partial charge on any atom is -0.261 e. The Morgan fingerprint density at radius 2 is 1.82 bits per heavy atom. The van der Waals surface area contributed by atoms with Gasteiger partial charge in [-0.1, -0.05) is 12.1 Å². The molecule has 0 aliphatic heterocycles. The van der Waals surface area contributed by atoms with Crippen LogP contribution >= 0.6 is 0 Å². The Hall–Kier alpha value is -1.79. The first-order valence-corrected chi connectivity index (χ1v) is 6.48. The van der Waals surface area contributed by atoms with Gasteiger partial charge < -0.3 is 0 Å². The first-order chi connectivity index (χ1) is 8.07. The van der Waals surface area contributed by atoms with Crippen LogP contribution in [0, 0.1) is 0 Å². The van der Waals surface area contributed by atoms with Crippen LogP contribution in [-0.2, 0) is 16.4 Å². The van der Waals surface area contributed by atoms with Gasteiger partial charge in [0.1, 0.15) is 0 Å². The third kappa shape index (κ3) is 2.86. The topological polar surface area (TPSA) is 85.9 Å². The average Bonchev–Trinajstić information content (AvgIpc) is 2.30. The second kappa shape index (κ2) is 4.60. The van der Waals surface area contributed by atoms with E-state index in [1.165, 1.54) is 6.20 Å². The second-order valence-corrected chi connectivity index (χ2v) is 4.99. The lowest BCUT2D eigenvalue weighted by atomic mass is 10.1. The Kier molecular flexibility index (Phi) is 3.16. The quantitative estimate of drug-likeness (QED) is 0.868. The molecule has 0 amide bonds. The van der Waals surface area contributed by atoms with Crippen molar-refractivity contribution in [3.8, 4) is 0 Å². The molecule has 2 aromatic heterocycles. The maximum atomic E-state index is 11.3. The summed E-state index contributed by atoms with van der Waals surface area (Å²) < 4.78 is 22.7. The van der Waals surface area contributed by atoms with Crippen LogP contribution in [-0.4, -0.2) is 18.4 Å². The van der Waals surface area contributed by atoms with Crippen LogP contribution in [0.3, 0.4) is 0 Å². The first-order valence-electron chi connectivity index (χ1n) is 4.94. The maximum absolute atomic E-state index is 11.3. The monoisotopic (exact) mass is 249 g/mol.